The van der Waals surface area contributed by atoms with Gasteiger partial charge in [0, 0.05) is 12.3 Å². The predicted octanol–water partition coefficient (Wildman–Crippen LogP) is 4.02. The highest BCUT2D eigenvalue weighted by Crippen LogP contribution is 2.18. The summed E-state index contributed by atoms with van der Waals surface area (Å²) in [6.45, 7) is 0. The van der Waals surface area contributed by atoms with Crippen molar-refractivity contribution in [2.45, 2.75) is 25.7 Å². The maximum Gasteiger partial charge on any atom is 0.343 e. The van der Waals surface area contributed by atoms with Crippen LogP contribution in [0.5, 0.6) is 5.75 Å². The molecule has 0 bridgehead atoms. The van der Waals surface area contributed by atoms with Crippen LogP contribution in [0.4, 0.5) is 5.69 Å². The Hall–Kier alpha value is -5.30. The molecule has 0 heterocycles. The minimum Gasteiger partial charge on any atom is -0.481 e. The number of carboxylic acids is 1. The number of benzene rings is 3. The number of aliphatic carboxylic acids is 1. The number of carboxylic acid groups (broad SMARTS) is 1. The molecule has 0 saturated heterocycles. The highest BCUT2D eigenvalue weighted by molar-refractivity contribution is 5.95. The molecule has 10 heteroatoms. The fourth-order valence-corrected chi connectivity index (χ4v) is 3.56. The van der Waals surface area contributed by atoms with Crippen molar-refractivity contribution in [3.8, 4) is 17.6 Å². The number of carbonyl (C=O) groups is 3. The minimum absolute atomic E-state index is 0.118. The molecule has 0 spiro atoms. The highest BCUT2D eigenvalue weighted by Gasteiger charge is 2.12. The number of rotatable bonds is 10. The largest absolute Gasteiger partial charge is 0.481 e. The molecule has 0 saturated carbocycles. The van der Waals surface area contributed by atoms with E-state index < -0.39 is 17.9 Å². The van der Waals surface area contributed by atoms with Gasteiger partial charge in [0.15, 0.2) is 0 Å². The van der Waals surface area contributed by atoms with E-state index in [1.165, 1.54) is 12.1 Å². The van der Waals surface area contributed by atoms with Crippen molar-refractivity contribution in [2.24, 2.45) is 32.8 Å². The van der Waals surface area contributed by atoms with Gasteiger partial charge in [-0.25, -0.2) is 9.79 Å². The van der Waals surface area contributed by atoms with Crippen LogP contribution < -0.4 is 16.3 Å². The number of hydrogen-bond acceptors (Lipinski definition) is 6. The number of aryl methyl sites for hydroxylation is 1. The molecule has 0 unspecified atom stereocenters. The molecule has 39 heavy (non-hydrogen) atoms. The van der Waals surface area contributed by atoms with E-state index in [0.717, 1.165) is 11.1 Å². The summed E-state index contributed by atoms with van der Waals surface area (Å²) < 4.78 is 5.40. The Kier molecular flexibility index (Phi) is 10.5. The summed E-state index contributed by atoms with van der Waals surface area (Å²) in [5.74, 6) is 8.36. The Labute approximate surface area is 225 Å². The van der Waals surface area contributed by atoms with Gasteiger partial charge in [-0.3, -0.25) is 9.59 Å². The van der Waals surface area contributed by atoms with Crippen molar-refractivity contribution in [3.05, 3.63) is 95.6 Å². The molecule has 3 aromatic carbocycles. The Morgan fingerprint density at radius 2 is 1.62 bits per heavy atom. The van der Waals surface area contributed by atoms with Gasteiger partial charge < -0.3 is 21.4 Å². The second-order valence-corrected chi connectivity index (χ2v) is 8.44. The molecule has 0 fully saturated rings. The summed E-state index contributed by atoms with van der Waals surface area (Å²) in [5.41, 5.74) is 8.12. The Morgan fingerprint density at radius 1 is 0.923 bits per heavy atom. The van der Waals surface area contributed by atoms with Crippen molar-refractivity contribution < 1.29 is 24.2 Å². The average Bonchev–Trinajstić information content (AvgIpc) is 2.92. The molecule has 0 aromatic heterocycles. The second-order valence-electron chi connectivity index (χ2n) is 8.44. The SMILES string of the molecule is NN=NC(N)=Nc1ccc(C(=O)Oc2ccc(CCC(=O)C#C[C@@H](CC(=O)O)Cc3ccccc3)cc2)cc1. The number of ether oxygens (including phenoxy) is 1. The smallest absolute Gasteiger partial charge is 0.343 e. The zero-order valence-corrected chi connectivity index (χ0v) is 21.0. The number of esters is 1. The molecule has 10 nitrogen and oxygen atoms in total. The zero-order valence-electron chi connectivity index (χ0n) is 21.0. The fourth-order valence-electron chi connectivity index (χ4n) is 3.56. The van der Waals surface area contributed by atoms with Crippen LogP contribution >= 0.6 is 0 Å². The number of hydrogen-bond donors (Lipinski definition) is 3. The Bertz CT molecular complexity index is 1410. The first-order chi connectivity index (χ1) is 18.8. The summed E-state index contributed by atoms with van der Waals surface area (Å²) in [4.78, 5) is 39.9. The lowest BCUT2D eigenvalue weighted by atomic mass is 9.96. The lowest BCUT2D eigenvalue weighted by molar-refractivity contribution is -0.137. The summed E-state index contributed by atoms with van der Waals surface area (Å²) in [6.07, 6.45) is 0.952. The number of guanidine groups is 1. The average molecular weight is 526 g/mol. The van der Waals surface area contributed by atoms with E-state index in [0.29, 0.717) is 29.8 Å². The molecule has 0 radical (unpaired) electrons. The number of nitrogens with zero attached hydrogens (tertiary/aromatic N) is 3. The normalized spacial score (nSPS) is 11.8. The molecule has 0 aliphatic carbocycles. The third-order valence-corrected chi connectivity index (χ3v) is 5.44. The highest BCUT2D eigenvalue weighted by atomic mass is 16.5. The van der Waals surface area contributed by atoms with Gasteiger partial charge in [-0.2, -0.15) is 0 Å². The summed E-state index contributed by atoms with van der Waals surface area (Å²) in [5, 5.41) is 15.6. The van der Waals surface area contributed by atoms with E-state index in [1.54, 1.807) is 36.4 Å². The standard InChI is InChI=1S/C29H27N5O5/c30-29(33-34-31)32-24-12-10-23(11-13-24)28(38)39-26-16-8-20(9-17-26)6-14-25(35)15-7-22(19-27(36)37)18-21-4-2-1-3-5-21/h1-5,8-13,16-17,22H,6,14,18-19H2,(H,36,37)(H4,30,31,32,33)/t22-/m1/s1. The second kappa shape index (κ2) is 14.4. The summed E-state index contributed by atoms with van der Waals surface area (Å²) >= 11 is 0. The van der Waals surface area contributed by atoms with Gasteiger partial charge in [-0.05, 0) is 66.3 Å². The number of aliphatic imine (C=N–C) groups is 1. The van der Waals surface area contributed by atoms with Crippen LogP contribution in [0.2, 0.25) is 0 Å². The van der Waals surface area contributed by atoms with E-state index >= 15 is 0 Å². The van der Waals surface area contributed by atoms with E-state index in [-0.39, 0.29) is 24.6 Å². The van der Waals surface area contributed by atoms with Gasteiger partial charge in [-0.15, -0.1) is 0 Å². The molecule has 3 rings (SSSR count). The molecule has 1 atom stereocenters. The maximum atomic E-state index is 12.4. The van der Waals surface area contributed by atoms with Crippen LogP contribution in [0.15, 0.2) is 94.2 Å². The molecule has 0 amide bonds. The lowest BCUT2D eigenvalue weighted by Gasteiger charge is -2.08. The number of ketones is 1. The van der Waals surface area contributed by atoms with Gasteiger partial charge >= 0.3 is 11.9 Å². The first-order valence-corrected chi connectivity index (χ1v) is 12.0. The van der Waals surface area contributed by atoms with Crippen LogP contribution in [0.3, 0.4) is 0 Å². The van der Waals surface area contributed by atoms with E-state index in [2.05, 4.69) is 27.2 Å². The van der Waals surface area contributed by atoms with Crippen LogP contribution in [0.1, 0.15) is 34.3 Å². The minimum atomic E-state index is -0.957. The molecule has 3 aromatic rings. The molecule has 0 aliphatic rings. The molecule has 198 valence electrons. The van der Waals surface area contributed by atoms with Crippen LogP contribution in [-0.4, -0.2) is 28.8 Å². The first kappa shape index (κ1) is 28.3. The number of carbonyl (C=O) groups excluding carboxylic acids is 2. The van der Waals surface area contributed by atoms with Crippen molar-refractivity contribution in [3.63, 3.8) is 0 Å². The van der Waals surface area contributed by atoms with Gasteiger partial charge in [0.05, 0.1) is 17.7 Å². The maximum absolute atomic E-state index is 12.4. The van der Waals surface area contributed by atoms with Crippen molar-refractivity contribution >= 4 is 29.4 Å². The topological polar surface area (TPSA) is 170 Å². The molecular weight excluding hydrogens is 498 g/mol. The van der Waals surface area contributed by atoms with Crippen LogP contribution in [0.25, 0.3) is 0 Å². The Morgan fingerprint density at radius 3 is 2.26 bits per heavy atom. The molecule has 5 N–H and O–H groups in total. The molecule has 0 aliphatic heterocycles. The van der Waals surface area contributed by atoms with Gasteiger partial charge in [0.25, 0.3) is 0 Å². The third-order valence-electron chi connectivity index (χ3n) is 5.44. The van der Waals surface area contributed by atoms with E-state index in [1.807, 2.05) is 30.3 Å². The van der Waals surface area contributed by atoms with E-state index in [4.69, 9.17) is 16.3 Å². The summed E-state index contributed by atoms with van der Waals surface area (Å²) in [6, 6.07) is 22.5. The van der Waals surface area contributed by atoms with Crippen molar-refractivity contribution in [1.29, 1.82) is 0 Å². The lowest BCUT2D eigenvalue weighted by Crippen LogP contribution is -2.10. The monoisotopic (exact) mass is 525 g/mol. The van der Waals surface area contributed by atoms with Gasteiger partial charge in [-0.1, -0.05) is 58.7 Å². The van der Waals surface area contributed by atoms with Crippen molar-refractivity contribution in [1.82, 2.24) is 0 Å². The van der Waals surface area contributed by atoms with E-state index in [9.17, 15) is 19.5 Å². The van der Waals surface area contributed by atoms with Gasteiger partial charge in [0.2, 0.25) is 11.7 Å². The quantitative estimate of drug-likeness (QED) is 0.0413. The van der Waals surface area contributed by atoms with Crippen LogP contribution in [0, 0.1) is 17.8 Å². The zero-order chi connectivity index (χ0) is 28.0. The summed E-state index contributed by atoms with van der Waals surface area (Å²) in [7, 11) is 0. The number of nitrogens with two attached hydrogens (primary N) is 2. The molecular formula is C29H27N5O5. The third kappa shape index (κ3) is 9.93. The van der Waals surface area contributed by atoms with Crippen LogP contribution in [-0.2, 0) is 22.4 Å². The predicted molar refractivity (Wildman–Crippen MR) is 145 cm³/mol. The fraction of sp³-hybridized carbons (Fsp3) is 0.172. The Balaban J connectivity index is 1.51. The van der Waals surface area contributed by atoms with Crippen molar-refractivity contribution in [2.75, 3.05) is 0 Å². The first-order valence-electron chi connectivity index (χ1n) is 12.0. The number of Topliss-reactive ketones (excluding diaryl/α,β-unsaturated/α-hetero) is 1. The van der Waals surface area contributed by atoms with Gasteiger partial charge in [0.1, 0.15) is 5.75 Å².